The Bertz CT molecular complexity index is 25.2. The Morgan fingerprint density at radius 1 is 0.714 bits per heavy atom. The van der Waals surface area contributed by atoms with E-state index in [4.69, 9.17) is 0 Å². The Morgan fingerprint density at radius 2 is 0.714 bits per heavy atom. The molecule has 0 unspecified atom stereocenters. The molecule has 0 radical (unpaired) electrons. The quantitative estimate of drug-likeness (QED) is 0.587. The monoisotopic (exact) mass is 404 g/mol. The molecule has 0 fully saturated rings. The average molecular weight is 408 g/mol. The van der Waals surface area contributed by atoms with Crippen molar-refractivity contribution < 1.29 is 16.7 Å². The molecular formula is H4Br4CrO2. The first-order valence-corrected chi connectivity index (χ1v) is 13.2. The van der Waals surface area contributed by atoms with Crippen molar-refractivity contribution in [3.05, 3.63) is 0 Å². The fourth-order valence-corrected chi connectivity index (χ4v) is 0. The van der Waals surface area contributed by atoms with Crippen molar-refractivity contribution in [3.63, 3.8) is 0 Å². The molecule has 0 aliphatic rings. The molecule has 4 N–H and O–H groups in total. The van der Waals surface area contributed by atoms with Gasteiger partial charge in [0.25, 0.3) is 0 Å². The molecule has 0 rings (SSSR count). The topological polar surface area (TPSA) is 63.0 Å². The van der Waals surface area contributed by atoms with Crippen LogP contribution in [0.15, 0.2) is 0 Å². The van der Waals surface area contributed by atoms with E-state index < -0.39 is 5.77 Å². The second-order valence-electron chi connectivity index (χ2n) is 0.350. The van der Waals surface area contributed by atoms with Gasteiger partial charge in [0, 0.05) is 0 Å². The summed E-state index contributed by atoms with van der Waals surface area (Å²) in [6, 6.07) is 0. The van der Waals surface area contributed by atoms with Gasteiger partial charge >= 0.3 is 62.0 Å². The van der Waals surface area contributed by atoms with Crippen molar-refractivity contribution in [2.24, 2.45) is 0 Å². The zero-order valence-corrected chi connectivity index (χ0v) is 10.5. The summed E-state index contributed by atoms with van der Waals surface area (Å²) in [5.74, 6) is -1.50. The number of halogens is 4. The first-order chi connectivity index (χ1) is 2.00. The Balaban J connectivity index is -0.0000000800. The second-order valence-corrected chi connectivity index (χ2v) is 39.0. The normalized spacial score (nSPS) is 10.9. The van der Waals surface area contributed by atoms with Gasteiger partial charge in [-0.15, -0.1) is 0 Å². The van der Waals surface area contributed by atoms with E-state index in [0.29, 0.717) is 0 Å². The Morgan fingerprint density at radius 3 is 0.714 bits per heavy atom. The molecule has 0 aromatic rings. The summed E-state index contributed by atoms with van der Waals surface area (Å²) in [7, 11) is 0. The molecule has 0 bridgehead atoms. The first-order valence-electron chi connectivity index (χ1n) is 0.617. The third kappa shape index (κ3) is 60.4. The number of hydrogen-bond donors (Lipinski definition) is 0. The molecule has 7 heavy (non-hydrogen) atoms. The molecule has 0 aliphatic carbocycles. The third-order valence-electron chi connectivity index (χ3n) is 0. The fourth-order valence-electron chi connectivity index (χ4n) is 0. The summed E-state index contributed by atoms with van der Waals surface area (Å²) in [4.78, 5) is 0. The van der Waals surface area contributed by atoms with Crippen LogP contribution in [0.25, 0.3) is 0 Å². The van der Waals surface area contributed by atoms with Gasteiger partial charge in [0.1, 0.15) is 0 Å². The second kappa shape index (κ2) is 6.49. The van der Waals surface area contributed by atoms with Gasteiger partial charge in [-0.3, -0.25) is 0 Å². The van der Waals surface area contributed by atoms with Gasteiger partial charge in [-0.25, -0.2) is 0 Å². The van der Waals surface area contributed by atoms with Gasteiger partial charge in [-0.05, 0) is 0 Å². The summed E-state index contributed by atoms with van der Waals surface area (Å²) in [5, 5.41) is 0. The molecular weight excluding hydrogens is 404 g/mol. The molecule has 0 spiro atoms. The predicted octanol–water partition coefficient (Wildman–Crippen LogP) is 1.73. The Labute approximate surface area is 71.9 Å². The van der Waals surface area contributed by atoms with Gasteiger partial charge in [0.05, 0.1) is 0 Å². The van der Waals surface area contributed by atoms with Crippen molar-refractivity contribution in [1.29, 1.82) is 0 Å². The van der Waals surface area contributed by atoms with Crippen LogP contribution in [-0.4, -0.2) is 11.0 Å². The molecule has 0 amide bonds. The van der Waals surface area contributed by atoms with Crippen LogP contribution in [0.4, 0.5) is 0 Å². The predicted molar refractivity (Wildman–Crippen MR) is 42.9 cm³/mol. The van der Waals surface area contributed by atoms with E-state index in [-0.39, 0.29) is 11.0 Å². The van der Waals surface area contributed by atoms with E-state index in [1.54, 1.807) is 0 Å². The maximum absolute atomic E-state index is 3.28. The van der Waals surface area contributed by atoms with Crippen molar-refractivity contribution >= 4 is 56.2 Å². The molecule has 0 aliphatic heterocycles. The molecule has 50 valence electrons. The first kappa shape index (κ1) is 16.2. The molecule has 0 saturated carbocycles. The van der Waals surface area contributed by atoms with Crippen molar-refractivity contribution in [2.75, 3.05) is 0 Å². The number of rotatable bonds is 0. The van der Waals surface area contributed by atoms with Gasteiger partial charge in [-0.1, -0.05) is 0 Å². The van der Waals surface area contributed by atoms with Crippen LogP contribution in [0, 0.1) is 0 Å². The minimum atomic E-state index is -1.50. The average Bonchev–Trinajstić information content (AvgIpc) is 0.722. The SMILES string of the molecule is O.O.[Br][Cr]([Br])([Br])[Br]. The molecule has 0 atom stereocenters. The van der Waals surface area contributed by atoms with E-state index >= 15 is 0 Å². The van der Waals surface area contributed by atoms with Crippen molar-refractivity contribution in [2.45, 2.75) is 0 Å². The summed E-state index contributed by atoms with van der Waals surface area (Å²) in [6.07, 6.45) is 0. The molecule has 0 aromatic carbocycles. The van der Waals surface area contributed by atoms with Crippen LogP contribution >= 0.6 is 56.2 Å². The molecule has 0 aromatic heterocycles. The van der Waals surface area contributed by atoms with Crippen LogP contribution in [-0.2, 0) is 5.77 Å². The van der Waals surface area contributed by atoms with E-state index in [0.717, 1.165) is 0 Å². The Hall–Kier alpha value is 2.37. The zero-order chi connectivity index (χ0) is 4.50. The van der Waals surface area contributed by atoms with Crippen LogP contribution in [0.3, 0.4) is 0 Å². The minimum absolute atomic E-state index is 0. The maximum atomic E-state index is 3.28. The van der Waals surface area contributed by atoms with Gasteiger partial charge in [-0.2, -0.15) is 0 Å². The molecule has 0 heterocycles. The van der Waals surface area contributed by atoms with Crippen molar-refractivity contribution in [3.8, 4) is 0 Å². The van der Waals surface area contributed by atoms with E-state index in [1.807, 2.05) is 0 Å². The Kier molecular flexibility index (Phi) is 15.0. The summed E-state index contributed by atoms with van der Waals surface area (Å²) in [6.45, 7) is 0. The standard InChI is InChI=1S/4BrH.Cr.2H2O/h4*1H;;2*1H2/q;;;;+4;;/p-4. The summed E-state index contributed by atoms with van der Waals surface area (Å²) >= 11 is 13.1. The summed E-state index contributed by atoms with van der Waals surface area (Å²) < 4.78 is 0. The van der Waals surface area contributed by atoms with Gasteiger partial charge in [0.2, 0.25) is 0 Å². The molecule has 0 saturated heterocycles. The van der Waals surface area contributed by atoms with Crippen molar-refractivity contribution in [1.82, 2.24) is 0 Å². The van der Waals surface area contributed by atoms with Crippen LogP contribution in [0.1, 0.15) is 0 Å². The van der Waals surface area contributed by atoms with Crippen LogP contribution in [0.2, 0.25) is 0 Å². The number of hydrogen-bond acceptors (Lipinski definition) is 0. The fraction of sp³-hybridized carbons (Fsp3) is 0. The van der Waals surface area contributed by atoms with Gasteiger partial charge < -0.3 is 11.0 Å². The van der Waals surface area contributed by atoms with Crippen LogP contribution < -0.4 is 0 Å². The van der Waals surface area contributed by atoms with E-state index in [2.05, 4.69) is 56.2 Å². The third-order valence-corrected chi connectivity index (χ3v) is 0. The van der Waals surface area contributed by atoms with Crippen LogP contribution in [0.5, 0.6) is 0 Å². The zero-order valence-electron chi connectivity index (χ0n) is 2.92. The summed E-state index contributed by atoms with van der Waals surface area (Å²) in [5.41, 5.74) is 0. The van der Waals surface area contributed by atoms with E-state index in [1.165, 1.54) is 0 Å². The molecule has 7 heteroatoms. The molecule has 2 nitrogen and oxygen atoms in total. The van der Waals surface area contributed by atoms with E-state index in [9.17, 15) is 0 Å². The van der Waals surface area contributed by atoms with Gasteiger partial charge in [0.15, 0.2) is 0 Å².